The molecule has 4 heteroatoms. The molecular formula is C48H40N2S2. The van der Waals surface area contributed by atoms with Crippen molar-refractivity contribution in [3.8, 4) is 22.3 Å². The molecule has 0 unspecified atom stereocenters. The second-order valence-electron chi connectivity index (χ2n) is 14.1. The van der Waals surface area contributed by atoms with E-state index < -0.39 is 0 Å². The van der Waals surface area contributed by atoms with Crippen molar-refractivity contribution in [2.45, 2.75) is 61.1 Å². The van der Waals surface area contributed by atoms with Crippen LogP contribution in [-0.4, -0.2) is 0 Å². The largest absolute Gasteiger partial charge is 0.308 e. The van der Waals surface area contributed by atoms with E-state index in [9.17, 15) is 0 Å². The minimum Gasteiger partial charge on any atom is -0.308 e. The van der Waals surface area contributed by atoms with Gasteiger partial charge in [0.1, 0.15) is 0 Å². The van der Waals surface area contributed by atoms with Crippen molar-refractivity contribution in [1.82, 2.24) is 0 Å². The van der Waals surface area contributed by atoms with Crippen LogP contribution in [0.25, 0.3) is 22.3 Å². The summed E-state index contributed by atoms with van der Waals surface area (Å²) in [6.07, 6.45) is 0. The van der Waals surface area contributed by atoms with Crippen LogP contribution in [0.3, 0.4) is 0 Å². The summed E-state index contributed by atoms with van der Waals surface area (Å²) in [6, 6.07) is 49.4. The summed E-state index contributed by atoms with van der Waals surface area (Å²) >= 11 is 3.71. The molecular weight excluding hydrogens is 669 g/mol. The number of anilines is 6. The first-order chi connectivity index (χ1) is 25.3. The molecule has 7 aromatic carbocycles. The molecule has 0 atom stereocenters. The Hall–Kier alpha value is -5.16. The second-order valence-corrected chi connectivity index (χ2v) is 16.3. The van der Waals surface area contributed by atoms with E-state index in [0.29, 0.717) is 0 Å². The lowest BCUT2D eigenvalue weighted by atomic mass is 9.87. The lowest BCUT2D eigenvalue weighted by Crippen LogP contribution is -2.16. The Morgan fingerprint density at radius 3 is 0.846 bits per heavy atom. The third kappa shape index (κ3) is 5.36. The quantitative estimate of drug-likeness (QED) is 0.179. The first-order valence-electron chi connectivity index (χ1n) is 17.9. The molecule has 254 valence electrons. The van der Waals surface area contributed by atoms with Gasteiger partial charge in [0.05, 0.1) is 22.7 Å². The molecule has 2 nitrogen and oxygen atoms in total. The molecule has 0 bridgehead atoms. The van der Waals surface area contributed by atoms with E-state index in [1.165, 1.54) is 109 Å². The number of fused-ring (bicyclic) bond motifs is 4. The van der Waals surface area contributed by atoms with Gasteiger partial charge in [0, 0.05) is 31.0 Å². The summed E-state index contributed by atoms with van der Waals surface area (Å²) in [6.45, 7) is 13.6. The van der Waals surface area contributed by atoms with Gasteiger partial charge in [0.15, 0.2) is 0 Å². The van der Waals surface area contributed by atoms with Gasteiger partial charge in [0.25, 0.3) is 0 Å². The van der Waals surface area contributed by atoms with E-state index in [1.807, 2.05) is 23.5 Å². The van der Waals surface area contributed by atoms with E-state index >= 15 is 0 Å². The van der Waals surface area contributed by atoms with E-state index in [-0.39, 0.29) is 0 Å². The van der Waals surface area contributed by atoms with Crippen molar-refractivity contribution >= 4 is 57.6 Å². The molecule has 0 aliphatic carbocycles. The fourth-order valence-electron chi connectivity index (χ4n) is 7.99. The molecule has 0 saturated carbocycles. The number of hydrogen-bond donors (Lipinski definition) is 0. The van der Waals surface area contributed by atoms with Gasteiger partial charge in [-0.05, 0) is 170 Å². The van der Waals surface area contributed by atoms with Gasteiger partial charge in [-0.3, -0.25) is 0 Å². The number of para-hydroxylation sites is 4. The number of nitrogens with zero attached hydrogens (tertiary/aromatic N) is 2. The Bertz CT molecular complexity index is 2300. The average molecular weight is 709 g/mol. The van der Waals surface area contributed by atoms with Gasteiger partial charge < -0.3 is 9.80 Å². The fraction of sp³-hybridized carbons (Fsp3) is 0.125. The van der Waals surface area contributed by atoms with Crippen LogP contribution in [0.15, 0.2) is 153 Å². The summed E-state index contributed by atoms with van der Waals surface area (Å²) in [5.41, 5.74) is 20.3. The maximum atomic E-state index is 2.45. The van der Waals surface area contributed by atoms with Crippen molar-refractivity contribution < 1.29 is 0 Å². The maximum Gasteiger partial charge on any atom is 0.0601 e. The zero-order valence-electron chi connectivity index (χ0n) is 30.4. The van der Waals surface area contributed by atoms with Gasteiger partial charge in [-0.15, -0.1) is 0 Å². The van der Waals surface area contributed by atoms with Gasteiger partial charge in [-0.2, -0.15) is 0 Å². The number of aryl methyl sites for hydroxylation is 6. The minimum absolute atomic E-state index is 1.23. The fourth-order valence-corrected chi connectivity index (χ4v) is 10.1. The number of hydrogen-bond acceptors (Lipinski definition) is 4. The highest BCUT2D eigenvalue weighted by Gasteiger charge is 2.28. The highest BCUT2D eigenvalue weighted by atomic mass is 32.2. The Morgan fingerprint density at radius 2 is 0.538 bits per heavy atom. The summed E-state index contributed by atoms with van der Waals surface area (Å²) in [5.74, 6) is 0. The smallest absolute Gasteiger partial charge is 0.0601 e. The summed E-state index contributed by atoms with van der Waals surface area (Å²) < 4.78 is 0. The molecule has 2 aliphatic rings. The van der Waals surface area contributed by atoms with Crippen molar-refractivity contribution in [2.75, 3.05) is 9.80 Å². The van der Waals surface area contributed by atoms with E-state index in [2.05, 4.69) is 185 Å². The van der Waals surface area contributed by atoms with Crippen LogP contribution in [0.2, 0.25) is 0 Å². The predicted octanol–water partition coefficient (Wildman–Crippen LogP) is 14.7. The third-order valence-corrected chi connectivity index (χ3v) is 12.8. The van der Waals surface area contributed by atoms with Crippen LogP contribution >= 0.6 is 23.5 Å². The summed E-state index contributed by atoms with van der Waals surface area (Å²) in [4.78, 5) is 10.0. The van der Waals surface area contributed by atoms with Crippen LogP contribution in [0, 0.1) is 41.5 Å². The minimum atomic E-state index is 1.23. The third-order valence-electron chi connectivity index (χ3n) is 10.6. The lowest BCUT2D eigenvalue weighted by molar-refractivity contribution is 1.15. The van der Waals surface area contributed by atoms with E-state index in [0.717, 1.165) is 0 Å². The SMILES string of the molecule is Cc1cc(-c2cc(C)c(N3c4ccccc4Sc4ccccc43)cc2C)c(C)cc1-c1cc(C)c(N2c3ccccc3Sc3ccccc32)cc1C. The lowest BCUT2D eigenvalue weighted by Gasteiger charge is -2.34. The monoisotopic (exact) mass is 708 g/mol. The zero-order chi connectivity index (χ0) is 35.7. The molecule has 0 fully saturated rings. The Kier molecular flexibility index (Phi) is 8.06. The molecule has 0 saturated heterocycles. The molecule has 2 heterocycles. The summed E-state index contributed by atoms with van der Waals surface area (Å²) in [5, 5.41) is 0. The van der Waals surface area contributed by atoms with Crippen LogP contribution in [0.1, 0.15) is 33.4 Å². The first kappa shape index (κ1) is 32.7. The van der Waals surface area contributed by atoms with E-state index in [4.69, 9.17) is 0 Å². The van der Waals surface area contributed by atoms with Crippen molar-refractivity contribution in [1.29, 1.82) is 0 Å². The molecule has 9 rings (SSSR count). The van der Waals surface area contributed by atoms with Gasteiger partial charge >= 0.3 is 0 Å². The zero-order valence-corrected chi connectivity index (χ0v) is 32.0. The van der Waals surface area contributed by atoms with Crippen molar-refractivity contribution in [3.05, 3.63) is 167 Å². The summed E-state index contributed by atoms with van der Waals surface area (Å²) in [7, 11) is 0. The van der Waals surface area contributed by atoms with Crippen LogP contribution < -0.4 is 9.80 Å². The normalized spacial score (nSPS) is 13.0. The maximum absolute atomic E-state index is 2.45. The number of benzene rings is 7. The molecule has 7 aromatic rings. The van der Waals surface area contributed by atoms with Crippen LogP contribution in [-0.2, 0) is 0 Å². The first-order valence-corrected chi connectivity index (χ1v) is 19.6. The van der Waals surface area contributed by atoms with Crippen LogP contribution in [0.5, 0.6) is 0 Å². The Labute approximate surface area is 316 Å². The topological polar surface area (TPSA) is 6.48 Å². The average Bonchev–Trinajstić information content (AvgIpc) is 3.15. The van der Waals surface area contributed by atoms with Crippen LogP contribution in [0.4, 0.5) is 34.1 Å². The molecule has 0 amide bonds. The van der Waals surface area contributed by atoms with Crippen molar-refractivity contribution in [3.63, 3.8) is 0 Å². The standard InChI is InChI=1S/C48H40N2S2/c1-29-23-36(38-26-34(6)44(28-32(38)4)50-41-17-9-13-21-47(41)52-48-22-14-10-18-42(48)50)30(2)24-35(29)37-25-33(5)43(27-31(37)3)49-39-15-7-11-19-45(39)51-46-20-12-8-16-40(46)49/h7-28H,1-6H3. The highest BCUT2D eigenvalue weighted by Crippen LogP contribution is 2.54. The van der Waals surface area contributed by atoms with Crippen molar-refractivity contribution in [2.24, 2.45) is 0 Å². The second kappa shape index (κ2) is 12.8. The Morgan fingerprint density at radius 1 is 0.288 bits per heavy atom. The molecule has 2 aliphatic heterocycles. The molecule has 0 N–H and O–H groups in total. The van der Waals surface area contributed by atoms with Gasteiger partial charge in [-0.1, -0.05) is 84.2 Å². The molecule has 0 spiro atoms. The van der Waals surface area contributed by atoms with Gasteiger partial charge in [0.2, 0.25) is 0 Å². The highest BCUT2D eigenvalue weighted by molar-refractivity contribution is 8.00. The Balaban J connectivity index is 1.10. The molecule has 52 heavy (non-hydrogen) atoms. The predicted molar refractivity (Wildman–Crippen MR) is 223 cm³/mol. The number of rotatable bonds is 4. The molecule has 0 aromatic heterocycles. The van der Waals surface area contributed by atoms with Gasteiger partial charge in [-0.25, -0.2) is 0 Å². The van der Waals surface area contributed by atoms with E-state index in [1.54, 1.807) is 0 Å². The molecule has 0 radical (unpaired) electrons.